The standard InChI is InChI=1S/C19H22FN5O6S/c1-30-15-7-11(20)2-3-12(15)13-8-17-22-5-4-16(25(17)24-13)23-14-6-10(18(26)19(14)27)9-31-32(21,28)29/h2-5,7-8,10,14,18-19,23,26-27H,6,9H2,1H3,(H2,21,28,29)/t10-,14-,18-,19+/m1/s1. The van der Waals surface area contributed by atoms with E-state index in [0.717, 1.165) is 0 Å². The van der Waals surface area contributed by atoms with Crippen molar-refractivity contribution in [3.8, 4) is 17.0 Å². The van der Waals surface area contributed by atoms with E-state index in [9.17, 15) is 23.0 Å². The highest BCUT2D eigenvalue weighted by Crippen LogP contribution is 2.32. The summed E-state index contributed by atoms with van der Waals surface area (Å²) in [5.74, 6) is -0.291. The van der Waals surface area contributed by atoms with Crippen LogP contribution in [0.25, 0.3) is 16.9 Å². The number of nitrogens with one attached hydrogen (secondary N) is 1. The smallest absolute Gasteiger partial charge is 0.333 e. The minimum absolute atomic E-state index is 0.224. The summed E-state index contributed by atoms with van der Waals surface area (Å²) >= 11 is 0. The average Bonchev–Trinajstić information content (AvgIpc) is 3.29. The summed E-state index contributed by atoms with van der Waals surface area (Å²) in [6, 6.07) is 6.83. The Morgan fingerprint density at radius 2 is 2.06 bits per heavy atom. The van der Waals surface area contributed by atoms with Gasteiger partial charge in [0.05, 0.1) is 31.6 Å². The van der Waals surface area contributed by atoms with Crippen molar-refractivity contribution in [1.82, 2.24) is 14.6 Å². The molecule has 0 aliphatic heterocycles. The monoisotopic (exact) mass is 467 g/mol. The highest BCUT2D eigenvalue weighted by atomic mass is 32.2. The van der Waals surface area contributed by atoms with Crippen molar-refractivity contribution >= 4 is 21.8 Å². The molecule has 0 amide bonds. The van der Waals surface area contributed by atoms with Gasteiger partial charge in [0.15, 0.2) is 5.65 Å². The van der Waals surface area contributed by atoms with E-state index in [1.165, 1.54) is 23.8 Å². The van der Waals surface area contributed by atoms with Crippen LogP contribution < -0.4 is 15.2 Å². The Balaban J connectivity index is 1.59. The number of hydrogen-bond donors (Lipinski definition) is 4. The first-order chi connectivity index (χ1) is 15.2. The van der Waals surface area contributed by atoms with Crippen molar-refractivity contribution < 1.29 is 31.9 Å². The van der Waals surface area contributed by atoms with E-state index in [-0.39, 0.29) is 13.0 Å². The molecule has 5 N–H and O–H groups in total. The molecular formula is C19H22FN5O6S. The van der Waals surface area contributed by atoms with Gasteiger partial charge in [0, 0.05) is 29.8 Å². The van der Waals surface area contributed by atoms with Crippen molar-refractivity contribution in [2.45, 2.75) is 24.7 Å². The Labute approximate surface area is 182 Å². The molecule has 1 fully saturated rings. The minimum atomic E-state index is -4.16. The van der Waals surface area contributed by atoms with Crippen LogP contribution in [0, 0.1) is 11.7 Å². The number of fused-ring (bicyclic) bond motifs is 1. The third kappa shape index (κ3) is 4.52. The summed E-state index contributed by atoms with van der Waals surface area (Å²) in [6.07, 6.45) is -0.617. The van der Waals surface area contributed by atoms with Crippen LogP contribution in [-0.2, 0) is 14.5 Å². The van der Waals surface area contributed by atoms with Gasteiger partial charge in [-0.15, -0.1) is 0 Å². The Hall–Kier alpha value is -2.84. The molecule has 0 bridgehead atoms. The maximum atomic E-state index is 13.5. The molecule has 4 rings (SSSR count). The van der Waals surface area contributed by atoms with Gasteiger partial charge in [-0.2, -0.15) is 18.0 Å². The molecule has 1 saturated carbocycles. The molecule has 172 valence electrons. The number of rotatable bonds is 7. The normalized spacial score (nSPS) is 23.5. The molecule has 1 aliphatic rings. The Morgan fingerprint density at radius 3 is 2.78 bits per heavy atom. The molecule has 3 aromatic rings. The zero-order chi connectivity index (χ0) is 23.0. The zero-order valence-electron chi connectivity index (χ0n) is 16.9. The lowest BCUT2D eigenvalue weighted by Crippen LogP contribution is -2.36. The Morgan fingerprint density at radius 1 is 1.28 bits per heavy atom. The molecule has 11 nitrogen and oxygen atoms in total. The predicted molar refractivity (Wildman–Crippen MR) is 112 cm³/mol. The maximum Gasteiger partial charge on any atom is 0.333 e. The molecule has 0 spiro atoms. The molecule has 0 radical (unpaired) electrons. The van der Waals surface area contributed by atoms with E-state index >= 15 is 0 Å². The number of hydrogen-bond acceptors (Lipinski definition) is 9. The van der Waals surface area contributed by atoms with Crippen molar-refractivity contribution in [2.75, 3.05) is 19.0 Å². The van der Waals surface area contributed by atoms with Gasteiger partial charge in [-0.3, -0.25) is 4.18 Å². The number of nitrogens with zero attached hydrogens (tertiary/aromatic N) is 3. The van der Waals surface area contributed by atoms with Gasteiger partial charge in [0.2, 0.25) is 0 Å². The van der Waals surface area contributed by atoms with Crippen molar-refractivity contribution in [3.05, 3.63) is 42.3 Å². The molecule has 13 heteroatoms. The summed E-state index contributed by atoms with van der Waals surface area (Å²) in [5.41, 5.74) is 1.55. The van der Waals surface area contributed by atoms with E-state index in [4.69, 9.17) is 9.88 Å². The fraction of sp³-hybridized carbons (Fsp3) is 0.368. The summed E-state index contributed by atoms with van der Waals surface area (Å²) in [7, 11) is -2.73. The second-order valence-electron chi connectivity index (χ2n) is 7.48. The average molecular weight is 467 g/mol. The van der Waals surface area contributed by atoms with Crippen LogP contribution in [0.2, 0.25) is 0 Å². The zero-order valence-corrected chi connectivity index (χ0v) is 17.7. The topological polar surface area (TPSA) is 161 Å². The van der Waals surface area contributed by atoms with Gasteiger partial charge >= 0.3 is 10.3 Å². The number of benzene rings is 1. The van der Waals surface area contributed by atoms with Crippen molar-refractivity contribution in [2.24, 2.45) is 11.1 Å². The third-order valence-electron chi connectivity index (χ3n) is 5.38. The van der Waals surface area contributed by atoms with Crippen LogP contribution in [0.15, 0.2) is 36.5 Å². The van der Waals surface area contributed by atoms with E-state index in [1.807, 2.05) is 0 Å². The quantitative estimate of drug-likeness (QED) is 0.383. The maximum absolute atomic E-state index is 13.5. The van der Waals surface area contributed by atoms with E-state index in [0.29, 0.717) is 28.5 Å². The van der Waals surface area contributed by atoms with Crippen LogP contribution in [-0.4, -0.2) is 65.2 Å². The number of aromatic nitrogens is 3. The second kappa shape index (κ2) is 8.60. The van der Waals surface area contributed by atoms with E-state index in [1.54, 1.807) is 24.4 Å². The third-order valence-corrected chi connectivity index (χ3v) is 5.84. The number of nitrogens with two attached hydrogens (primary N) is 1. The Kier molecular flexibility index (Phi) is 6.01. The van der Waals surface area contributed by atoms with Gasteiger partial charge < -0.3 is 20.3 Å². The van der Waals surface area contributed by atoms with Crippen LogP contribution >= 0.6 is 0 Å². The van der Waals surface area contributed by atoms with Crippen LogP contribution in [0.4, 0.5) is 10.2 Å². The van der Waals surface area contributed by atoms with Gasteiger partial charge in [0.1, 0.15) is 23.5 Å². The lowest BCUT2D eigenvalue weighted by atomic mass is 10.1. The van der Waals surface area contributed by atoms with Crippen LogP contribution in [0.5, 0.6) is 5.75 Å². The molecule has 2 aromatic heterocycles. The summed E-state index contributed by atoms with van der Waals surface area (Å²) in [4.78, 5) is 4.27. The van der Waals surface area contributed by atoms with Crippen LogP contribution in [0.3, 0.4) is 0 Å². The fourth-order valence-corrected chi connectivity index (χ4v) is 4.18. The molecule has 1 aliphatic carbocycles. The summed E-state index contributed by atoms with van der Waals surface area (Å²) < 4.78 is 46.9. The largest absolute Gasteiger partial charge is 0.496 e. The first-order valence-electron chi connectivity index (χ1n) is 9.65. The molecule has 4 atom stereocenters. The number of anilines is 1. The first kappa shape index (κ1) is 22.4. The number of aliphatic hydroxyl groups excluding tert-OH is 2. The van der Waals surface area contributed by atoms with Gasteiger partial charge in [-0.25, -0.2) is 14.5 Å². The van der Waals surface area contributed by atoms with Crippen LogP contribution in [0.1, 0.15) is 6.42 Å². The summed E-state index contributed by atoms with van der Waals surface area (Å²) in [6.45, 7) is -0.350. The summed E-state index contributed by atoms with van der Waals surface area (Å²) in [5, 5.41) is 33.2. The lowest BCUT2D eigenvalue weighted by Gasteiger charge is -2.19. The van der Waals surface area contributed by atoms with Gasteiger partial charge in [-0.05, 0) is 24.6 Å². The van der Waals surface area contributed by atoms with E-state index < -0.39 is 40.3 Å². The molecule has 2 heterocycles. The fourth-order valence-electron chi connectivity index (χ4n) is 3.82. The highest BCUT2D eigenvalue weighted by Gasteiger charge is 2.42. The predicted octanol–water partition coefficient (Wildman–Crippen LogP) is 0.286. The number of halogens is 1. The molecule has 32 heavy (non-hydrogen) atoms. The van der Waals surface area contributed by atoms with Crippen molar-refractivity contribution in [1.29, 1.82) is 0 Å². The van der Waals surface area contributed by atoms with Gasteiger partial charge in [-0.1, -0.05) is 0 Å². The van der Waals surface area contributed by atoms with Gasteiger partial charge in [0.25, 0.3) is 0 Å². The SMILES string of the molecule is COc1cc(F)ccc1-c1cc2nccc(N[C@@H]3C[C@H](COS(N)(=O)=O)[C@@H](O)[C@H]3O)n2n1. The van der Waals surface area contributed by atoms with E-state index in [2.05, 4.69) is 19.6 Å². The molecule has 0 saturated heterocycles. The molecule has 1 aromatic carbocycles. The highest BCUT2D eigenvalue weighted by molar-refractivity contribution is 7.84. The van der Waals surface area contributed by atoms with Crippen molar-refractivity contribution in [3.63, 3.8) is 0 Å². The Bertz CT molecular complexity index is 1240. The first-order valence-corrected chi connectivity index (χ1v) is 11.1. The number of methoxy groups -OCH3 is 1. The molecule has 0 unspecified atom stereocenters. The lowest BCUT2D eigenvalue weighted by molar-refractivity contribution is 0.00777. The second-order valence-corrected chi connectivity index (χ2v) is 8.70. The number of ether oxygens (including phenoxy) is 1. The number of aliphatic hydroxyl groups is 2. The minimum Gasteiger partial charge on any atom is -0.496 e. The molecular weight excluding hydrogens is 445 g/mol.